The molecule has 0 aliphatic carbocycles. The highest BCUT2D eigenvalue weighted by Gasteiger charge is 2.31. The number of ether oxygens (including phenoxy) is 1. The molecule has 0 amide bonds. The Bertz CT molecular complexity index is 509. The molecule has 0 spiro atoms. The summed E-state index contributed by atoms with van der Waals surface area (Å²) in [6.45, 7) is 0. The van der Waals surface area contributed by atoms with Crippen LogP contribution in [-0.4, -0.2) is 24.0 Å². The zero-order chi connectivity index (χ0) is 15.3. The predicted octanol–water partition coefficient (Wildman–Crippen LogP) is 2.94. The zero-order valence-electron chi connectivity index (χ0n) is 10.7. The van der Waals surface area contributed by atoms with Crippen molar-refractivity contribution >= 4 is 11.8 Å². The molecule has 1 N–H and O–H groups in total. The number of Topliss-reactive ketones (excluding diaryl/α,β-unsaturated/α-hetero) is 1. The van der Waals surface area contributed by atoms with Gasteiger partial charge >= 0.3 is 12.1 Å². The average Bonchev–Trinajstić information content (AvgIpc) is 2.37. The zero-order valence-corrected chi connectivity index (χ0v) is 10.7. The van der Waals surface area contributed by atoms with E-state index in [-0.39, 0.29) is 24.8 Å². The lowest BCUT2D eigenvalue weighted by Gasteiger charge is -2.09. The largest absolute Gasteiger partial charge is 0.507 e. The summed E-state index contributed by atoms with van der Waals surface area (Å²) in [6, 6.07) is 2.17. The van der Waals surface area contributed by atoms with Gasteiger partial charge in [0.15, 0.2) is 5.78 Å². The number of halogens is 3. The van der Waals surface area contributed by atoms with E-state index < -0.39 is 29.2 Å². The summed E-state index contributed by atoms with van der Waals surface area (Å²) < 4.78 is 41.5. The van der Waals surface area contributed by atoms with Crippen LogP contribution in [0.5, 0.6) is 5.75 Å². The third-order valence-electron chi connectivity index (χ3n) is 2.64. The minimum atomic E-state index is -4.58. The van der Waals surface area contributed by atoms with Crippen LogP contribution in [0.2, 0.25) is 0 Å². The first-order valence-corrected chi connectivity index (χ1v) is 5.76. The third kappa shape index (κ3) is 4.25. The summed E-state index contributed by atoms with van der Waals surface area (Å²) in [5.74, 6) is -1.72. The number of carbonyl (C=O) groups is 2. The maximum Gasteiger partial charge on any atom is 0.416 e. The number of alkyl halides is 3. The minimum Gasteiger partial charge on any atom is -0.507 e. The molecule has 0 radical (unpaired) electrons. The molecule has 0 heterocycles. The second-order valence-electron chi connectivity index (χ2n) is 4.08. The predicted molar refractivity (Wildman–Crippen MR) is 63.3 cm³/mol. The lowest BCUT2D eigenvalue weighted by Crippen LogP contribution is -2.07. The van der Waals surface area contributed by atoms with E-state index in [9.17, 15) is 27.9 Å². The first-order valence-electron chi connectivity index (χ1n) is 5.76. The van der Waals surface area contributed by atoms with Crippen LogP contribution in [0.15, 0.2) is 18.2 Å². The van der Waals surface area contributed by atoms with Crippen molar-refractivity contribution in [3.05, 3.63) is 29.3 Å². The van der Waals surface area contributed by atoms with Crippen LogP contribution >= 0.6 is 0 Å². The first kappa shape index (κ1) is 16.0. The van der Waals surface area contributed by atoms with Crippen LogP contribution in [0.3, 0.4) is 0 Å². The third-order valence-corrected chi connectivity index (χ3v) is 2.64. The molecule has 0 saturated heterocycles. The number of methoxy groups -OCH3 is 1. The van der Waals surface area contributed by atoms with E-state index in [1.165, 1.54) is 7.11 Å². The Labute approximate surface area is 113 Å². The Balaban J connectivity index is 2.72. The van der Waals surface area contributed by atoms with Gasteiger partial charge in [0.1, 0.15) is 5.75 Å². The lowest BCUT2D eigenvalue weighted by molar-refractivity contribution is -0.140. The molecule has 1 rings (SSSR count). The van der Waals surface area contributed by atoms with Crippen LogP contribution in [0.1, 0.15) is 35.2 Å². The van der Waals surface area contributed by atoms with Gasteiger partial charge in [0.25, 0.3) is 0 Å². The van der Waals surface area contributed by atoms with Gasteiger partial charge in [0, 0.05) is 12.8 Å². The molecule has 0 aliphatic rings. The van der Waals surface area contributed by atoms with Crippen molar-refractivity contribution in [2.24, 2.45) is 0 Å². The Morgan fingerprint density at radius 1 is 1.25 bits per heavy atom. The van der Waals surface area contributed by atoms with Crippen LogP contribution in [0.25, 0.3) is 0 Å². The van der Waals surface area contributed by atoms with Crippen molar-refractivity contribution < 1.29 is 32.6 Å². The van der Waals surface area contributed by atoms with Crippen molar-refractivity contribution in [3.63, 3.8) is 0 Å². The Morgan fingerprint density at radius 3 is 2.40 bits per heavy atom. The fraction of sp³-hybridized carbons (Fsp3) is 0.385. The number of esters is 1. The van der Waals surface area contributed by atoms with Gasteiger partial charge in [-0.1, -0.05) is 0 Å². The van der Waals surface area contributed by atoms with Gasteiger partial charge < -0.3 is 9.84 Å². The number of benzene rings is 1. The second-order valence-corrected chi connectivity index (χ2v) is 4.08. The highest BCUT2D eigenvalue weighted by molar-refractivity contribution is 5.98. The smallest absolute Gasteiger partial charge is 0.416 e. The van der Waals surface area contributed by atoms with E-state index in [4.69, 9.17) is 0 Å². The Hall–Kier alpha value is -2.05. The fourth-order valence-corrected chi connectivity index (χ4v) is 1.57. The maximum absolute atomic E-state index is 12.4. The number of carbonyl (C=O) groups excluding carboxylic acids is 2. The Kier molecular flexibility index (Phi) is 5.12. The summed E-state index contributed by atoms with van der Waals surface area (Å²) in [6.07, 6.45) is -4.41. The van der Waals surface area contributed by atoms with Crippen LogP contribution in [0.4, 0.5) is 13.2 Å². The van der Waals surface area contributed by atoms with Gasteiger partial charge in [-0.2, -0.15) is 13.2 Å². The number of aromatic hydroxyl groups is 1. The quantitative estimate of drug-likeness (QED) is 0.669. The van der Waals surface area contributed by atoms with Gasteiger partial charge in [-0.05, 0) is 24.6 Å². The molecule has 4 nitrogen and oxygen atoms in total. The number of ketones is 1. The molecule has 1 aromatic rings. The summed E-state index contributed by atoms with van der Waals surface area (Å²) in [4.78, 5) is 22.5. The second kappa shape index (κ2) is 6.40. The Morgan fingerprint density at radius 2 is 1.90 bits per heavy atom. The van der Waals surface area contributed by atoms with Crippen LogP contribution < -0.4 is 0 Å². The van der Waals surface area contributed by atoms with E-state index in [0.717, 1.165) is 12.1 Å². The SMILES string of the molecule is COC(=O)CCCC(=O)c1ccc(C(F)(F)F)cc1O. The summed E-state index contributed by atoms with van der Waals surface area (Å²) in [5, 5.41) is 9.47. The van der Waals surface area contributed by atoms with Crippen molar-refractivity contribution in [1.29, 1.82) is 0 Å². The summed E-state index contributed by atoms with van der Waals surface area (Å²) >= 11 is 0. The molecule has 0 atom stereocenters. The van der Waals surface area contributed by atoms with Crippen molar-refractivity contribution in [2.75, 3.05) is 7.11 Å². The van der Waals surface area contributed by atoms with E-state index in [1.54, 1.807) is 0 Å². The molecule has 0 fully saturated rings. The van der Waals surface area contributed by atoms with Crippen LogP contribution in [0, 0.1) is 0 Å². The van der Waals surface area contributed by atoms with Crippen molar-refractivity contribution in [3.8, 4) is 5.75 Å². The highest BCUT2D eigenvalue weighted by atomic mass is 19.4. The van der Waals surface area contributed by atoms with E-state index >= 15 is 0 Å². The van der Waals surface area contributed by atoms with Crippen molar-refractivity contribution in [1.82, 2.24) is 0 Å². The number of hydrogen-bond acceptors (Lipinski definition) is 4. The molecular weight excluding hydrogens is 277 g/mol. The first-order chi connectivity index (χ1) is 9.25. The number of rotatable bonds is 5. The van der Waals surface area contributed by atoms with E-state index in [1.807, 2.05) is 0 Å². The average molecular weight is 290 g/mol. The maximum atomic E-state index is 12.4. The normalized spacial score (nSPS) is 11.2. The lowest BCUT2D eigenvalue weighted by atomic mass is 10.0. The minimum absolute atomic E-state index is 0.0314. The molecule has 1 aromatic carbocycles. The van der Waals surface area contributed by atoms with Crippen LogP contribution in [-0.2, 0) is 15.7 Å². The molecule has 110 valence electrons. The molecule has 0 saturated carbocycles. The van der Waals surface area contributed by atoms with E-state index in [2.05, 4.69) is 4.74 Å². The molecule has 20 heavy (non-hydrogen) atoms. The molecule has 0 aromatic heterocycles. The van der Waals surface area contributed by atoms with Gasteiger partial charge in [-0.25, -0.2) is 0 Å². The molecular formula is C13H13F3O4. The monoisotopic (exact) mass is 290 g/mol. The van der Waals surface area contributed by atoms with Gasteiger partial charge in [0.05, 0.1) is 18.2 Å². The highest BCUT2D eigenvalue weighted by Crippen LogP contribution is 2.33. The molecule has 0 unspecified atom stereocenters. The number of hydrogen-bond donors (Lipinski definition) is 1. The number of phenolic OH excluding ortho intramolecular Hbond substituents is 1. The topological polar surface area (TPSA) is 63.6 Å². The summed E-state index contributed by atoms with van der Waals surface area (Å²) in [5.41, 5.74) is -1.22. The molecule has 0 bridgehead atoms. The molecule has 7 heteroatoms. The van der Waals surface area contributed by atoms with Crippen molar-refractivity contribution in [2.45, 2.75) is 25.4 Å². The fourth-order valence-electron chi connectivity index (χ4n) is 1.57. The standard InChI is InChI=1S/C13H13F3O4/c1-20-12(19)4-2-3-10(17)9-6-5-8(7-11(9)18)13(14,15)16/h5-7,18H,2-4H2,1H3. The van der Waals surface area contributed by atoms with Gasteiger partial charge in [0.2, 0.25) is 0 Å². The summed E-state index contributed by atoms with van der Waals surface area (Å²) in [7, 11) is 1.21. The van der Waals surface area contributed by atoms with E-state index in [0.29, 0.717) is 6.07 Å². The van der Waals surface area contributed by atoms with Gasteiger partial charge in [-0.3, -0.25) is 9.59 Å². The van der Waals surface area contributed by atoms with Gasteiger partial charge in [-0.15, -0.1) is 0 Å². The number of phenols is 1. The molecule has 0 aliphatic heterocycles.